The SMILES string of the molecule is CCCCN1C(=O)[C@@H]([C@H](O)C(C)C)NC(=O)C12CCN(C(c1ccc(C(=O)NC)cc1)c1c(C)n[nH]c1C)CC2.Cl. The lowest BCUT2D eigenvalue weighted by atomic mass is 9.79. The molecule has 2 fully saturated rings. The van der Waals surface area contributed by atoms with Crippen LogP contribution in [0.2, 0.25) is 0 Å². The van der Waals surface area contributed by atoms with Gasteiger partial charge in [-0.3, -0.25) is 24.4 Å². The van der Waals surface area contributed by atoms with Crippen LogP contribution < -0.4 is 10.6 Å². The van der Waals surface area contributed by atoms with Gasteiger partial charge in [-0.2, -0.15) is 5.10 Å². The highest BCUT2D eigenvalue weighted by molar-refractivity contribution is 6.00. The standard InChI is InChI=1S/C30H44N6O4.ClH/c1-7-8-15-36-28(39)24(26(37)18(2)3)32-29(40)30(36)13-16-35(17-14-30)25(23-19(4)33-34-20(23)5)21-9-11-22(12-10-21)27(38)31-6;/h9-12,18,24-26,37H,7-8,13-17H2,1-6H3,(H,31,38)(H,32,40)(H,33,34);1H/t24-,25?,26-;/m1./s1. The summed E-state index contributed by atoms with van der Waals surface area (Å²) >= 11 is 0. The molecule has 0 radical (unpaired) electrons. The molecule has 11 heteroatoms. The number of aromatic nitrogens is 2. The van der Waals surface area contributed by atoms with Gasteiger partial charge in [-0.05, 0) is 56.7 Å². The highest BCUT2D eigenvalue weighted by Crippen LogP contribution is 2.40. The molecule has 1 unspecified atom stereocenters. The number of amides is 3. The second kappa shape index (κ2) is 13.4. The van der Waals surface area contributed by atoms with E-state index in [0.717, 1.165) is 35.4 Å². The highest BCUT2D eigenvalue weighted by atomic mass is 35.5. The van der Waals surface area contributed by atoms with Crippen LogP contribution in [0.1, 0.15) is 85.4 Å². The van der Waals surface area contributed by atoms with Crippen molar-refractivity contribution >= 4 is 30.1 Å². The van der Waals surface area contributed by atoms with Crippen LogP contribution in [0, 0.1) is 19.8 Å². The van der Waals surface area contributed by atoms with Gasteiger partial charge in [0.1, 0.15) is 11.6 Å². The van der Waals surface area contributed by atoms with E-state index in [9.17, 15) is 19.5 Å². The number of aliphatic hydroxyl groups excluding tert-OH is 1. The molecular formula is C30H45ClN6O4. The zero-order valence-corrected chi connectivity index (χ0v) is 25.8. The minimum Gasteiger partial charge on any atom is -0.390 e. The fourth-order valence-corrected chi connectivity index (χ4v) is 6.23. The van der Waals surface area contributed by atoms with Gasteiger partial charge in [0, 0.05) is 43.5 Å². The Morgan fingerprint density at radius 1 is 1.17 bits per heavy atom. The van der Waals surface area contributed by atoms with E-state index in [4.69, 9.17) is 0 Å². The number of carbonyl (C=O) groups excluding carboxylic acids is 3. The number of H-pyrrole nitrogens is 1. The molecule has 226 valence electrons. The number of unbranched alkanes of at least 4 members (excludes halogenated alkanes) is 1. The van der Waals surface area contributed by atoms with E-state index in [-0.39, 0.29) is 42.1 Å². The van der Waals surface area contributed by atoms with Crippen molar-refractivity contribution in [2.24, 2.45) is 5.92 Å². The van der Waals surface area contributed by atoms with Gasteiger partial charge >= 0.3 is 0 Å². The molecule has 1 aromatic heterocycles. The molecule has 0 aliphatic carbocycles. The van der Waals surface area contributed by atoms with Crippen LogP contribution in [0.3, 0.4) is 0 Å². The molecular weight excluding hydrogens is 544 g/mol. The van der Waals surface area contributed by atoms with Gasteiger partial charge in [-0.25, -0.2) is 0 Å². The molecule has 0 saturated carbocycles. The number of hydrogen-bond acceptors (Lipinski definition) is 6. The molecule has 41 heavy (non-hydrogen) atoms. The average molecular weight is 589 g/mol. The number of carbonyl (C=O) groups is 3. The van der Waals surface area contributed by atoms with Gasteiger partial charge in [0.2, 0.25) is 11.8 Å². The molecule has 3 heterocycles. The Balaban J connectivity index is 0.00000462. The van der Waals surface area contributed by atoms with Crippen LogP contribution in [0.4, 0.5) is 0 Å². The Bertz CT molecular complexity index is 1200. The van der Waals surface area contributed by atoms with Crippen molar-refractivity contribution in [3.8, 4) is 0 Å². The Morgan fingerprint density at radius 3 is 2.32 bits per heavy atom. The maximum Gasteiger partial charge on any atom is 0.251 e. The van der Waals surface area contributed by atoms with Crippen LogP contribution in [-0.4, -0.2) is 87.2 Å². The first-order valence-corrected chi connectivity index (χ1v) is 14.4. The Kier molecular flexibility index (Phi) is 10.6. The van der Waals surface area contributed by atoms with Gasteiger partial charge in [0.05, 0.1) is 17.8 Å². The van der Waals surface area contributed by atoms with Crippen molar-refractivity contribution in [1.82, 2.24) is 30.6 Å². The Hall–Kier alpha value is -2.95. The van der Waals surface area contributed by atoms with Gasteiger partial charge in [-0.1, -0.05) is 39.3 Å². The summed E-state index contributed by atoms with van der Waals surface area (Å²) in [7, 11) is 1.61. The molecule has 2 aliphatic rings. The number of nitrogens with zero attached hydrogens (tertiary/aromatic N) is 3. The maximum absolute atomic E-state index is 13.8. The molecule has 3 amide bonds. The first-order chi connectivity index (χ1) is 19.0. The predicted octanol–water partition coefficient (Wildman–Crippen LogP) is 2.88. The lowest BCUT2D eigenvalue weighted by Gasteiger charge is -2.53. The zero-order valence-electron chi connectivity index (χ0n) is 25.0. The van der Waals surface area contributed by atoms with E-state index < -0.39 is 17.7 Å². The number of rotatable bonds is 9. The second-order valence-electron chi connectivity index (χ2n) is 11.5. The summed E-state index contributed by atoms with van der Waals surface area (Å²) in [5.41, 5.74) is 3.63. The summed E-state index contributed by atoms with van der Waals surface area (Å²) in [5, 5.41) is 23.9. The minimum atomic E-state index is -0.940. The third kappa shape index (κ3) is 6.15. The van der Waals surface area contributed by atoms with E-state index in [2.05, 4.69) is 32.7 Å². The number of aromatic amines is 1. The second-order valence-corrected chi connectivity index (χ2v) is 11.5. The van der Waals surface area contributed by atoms with Gasteiger partial charge in [0.25, 0.3) is 5.91 Å². The van der Waals surface area contributed by atoms with Crippen molar-refractivity contribution in [2.75, 3.05) is 26.7 Å². The molecule has 10 nitrogen and oxygen atoms in total. The Morgan fingerprint density at radius 2 is 1.80 bits per heavy atom. The van der Waals surface area contributed by atoms with E-state index in [1.165, 1.54) is 0 Å². The molecule has 4 N–H and O–H groups in total. The van der Waals surface area contributed by atoms with E-state index >= 15 is 0 Å². The lowest BCUT2D eigenvalue weighted by molar-refractivity contribution is -0.165. The summed E-state index contributed by atoms with van der Waals surface area (Å²) in [6.07, 6.45) is 1.73. The van der Waals surface area contributed by atoms with E-state index in [1.807, 2.05) is 52.0 Å². The van der Waals surface area contributed by atoms with Crippen LogP contribution in [0.25, 0.3) is 0 Å². The zero-order chi connectivity index (χ0) is 29.2. The summed E-state index contributed by atoms with van der Waals surface area (Å²) in [6, 6.07) is 6.57. The predicted molar refractivity (Wildman–Crippen MR) is 160 cm³/mol. The topological polar surface area (TPSA) is 131 Å². The number of benzene rings is 1. The fourth-order valence-electron chi connectivity index (χ4n) is 6.23. The monoisotopic (exact) mass is 588 g/mol. The highest BCUT2D eigenvalue weighted by Gasteiger charge is 2.55. The summed E-state index contributed by atoms with van der Waals surface area (Å²) in [6.45, 7) is 11.4. The molecule has 1 spiro atoms. The summed E-state index contributed by atoms with van der Waals surface area (Å²) < 4.78 is 0. The van der Waals surface area contributed by atoms with Crippen molar-refractivity contribution in [3.63, 3.8) is 0 Å². The maximum atomic E-state index is 13.8. The third-order valence-electron chi connectivity index (χ3n) is 8.68. The number of halogens is 1. The van der Waals surface area contributed by atoms with Crippen LogP contribution in [-0.2, 0) is 9.59 Å². The first kappa shape index (κ1) is 32.6. The molecule has 2 aromatic rings. The van der Waals surface area contributed by atoms with Gasteiger partial charge in [0.15, 0.2) is 0 Å². The third-order valence-corrected chi connectivity index (χ3v) is 8.68. The number of aryl methyl sites for hydroxylation is 2. The van der Waals surface area contributed by atoms with Crippen molar-refractivity contribution in [2.45, 2.75) is 84.0 Å². The summed E-state index contributed by atoms with van der Waals surface area (Å²) in [4.78, 5) is 43.7. The molecule has 0 bridgehead atoms. The number of piperazine rings is 1. The number of piperidine rings is 1. The van der Waals surface area contributed by atoms with Crippen molar-refractivity contribution in [1.29, 1.82) is 0 Å². The smallest absolute Gasteiger partial charge is 0.251 e. The molecule has 2 saturated heterocycles. The fraction of sp³-hybridized carbons (Fsp3) is 0.600. The quantitative estimate of drug-likeness (QED) is 0.356. The Labute approximate surface area is 249 Å². The van der Waals surface area contributed by atoms with Crippen LogP contribution in [0.5, 0.6) is 0 Å². The number of nitrogens with one attached hydrogen (secondary N) is 3. The van der Waals surface area contributed by atoms with Crippen molar-refractivity contribution in [3.05, 3.63) is 52.3 Å². The van der Waals surface area contributed by atoms with E-state index in [1.54, 1.807) is 11.9 Å². The van der Waals surface area contributed by atoms with Crippen LogP contribution in [0.15, 0.2) is 24.3 Å². The number of likely N-dealkylation sites (tertiary alicyclic amines) is 1. The largest absolute Gasteiger partial charge is 0.390 e. The van der Waals surface area contributed by atoms with Gasteiger partial charge < -0.3 is 20.6 Å². The average Bonchev–Trinajstić information content (AvgIpc) is 3.28. The van der Waals surface area contributed by atoms with E-state index in [0.29, 0.717) is 38.0 Å². The molecule has 1 aromatic carbocycles. The van der Waals surface area contributed by atoms with Gasteiger partial charge in [-0.15, -0.1) is 12.4 Å². The number of hydrogen-bond donors (Lipinski definition) is 4. The first-order valence-electron chi connectivity index (χ1n) is 14.4. The minimum absolute atomic E-state index is 0. The molecule has 4 rings (SSSR count). The molecule has 2 aliphatic heterocycles. The van der Waals surface area contributed by atoms with Crippen molar-refractivity contribution < 1.29 is 19.5 Å². The summed E-state index contributed by atoms with van der Waals surface area (Å²) in [5.74, 6) is -0.657. The normalized spacial score (nSPS) is 20.5. The number of aliphatic hydroxyl groups is 1. The molecule has 3 atom stereocenters. The lowest BCUT2D eigenvalue weighted by Crippen LogP contribution is -2.75. The van der Waals surface area contributed by atoms with Crippen LogP contribution >= 0.6 is 12.4 Å².